The molecule has 4 heteroatoms. The molecule has 1 aromatic carbocycles. The second-order valence-electron chi connectivity index (χ2n) is 6.09. The molecule has 1 aliphatic rings. The maximum atomic E-state index is 12.4. The fourth-order valence-electron chi connectivity index (χ4n) is 2.78. The van der Waals surface area contributed by atoms with Gasteiger partial charge in [0.1, 0.15) is 0 Å². The van der Waals surface area contributed by atoms with E-state index in [2.05, 4.69) is 30.9 Å². The zero-order chi connectivity index (χ0) is 15.2. The first-order valence-corrected chi connectivity index (χ1v) is 7.90. The van der Waals surface area contributed by atoms with Crippen molar-refractivity contribution < 1.29 is 4.79 Å². The molecule has 1 atom stereocenters. The third-order valence-corrected chi connectivity index (χ3v) is 4.26. The van der Waals surface area contributed by atoms with E-state index in [-0.39, 0.29) is 11.9 Å². The van der Waals surface area contributed by atoms with E-state index in [1.165, 1.54) is 5.56 Å². The highest BCUT2D eigenvalue weighted by Gasteiger charge is 2.25. The average molecular weight is 289 g/mol. The Labute approximate surface area is 127 Å². The molecule has 0 radical (unpaired) electrons. The number of nitrogens with two attached hydrogens (primary N) is 1. The summed E-state index contributed by atoms with van der Waals surface area (Å²) in [6.45, 7) is 7.90. The summed E-state index contributed by atoms with van der Waals surface area (Å²) in [4.78, 5) is 16.7. The van der Waals surface area contributed by atoms with Crippen LogP contribution in [0.1, 0.15) is 25.8 Å². The molecule has 21 heavy (non-hydrogen) atoms. The van der Waals surface area contributed by atoms with Gasteiger partial charge in [-0.05, 0) is 32.3 Å². The van der Waals surface area contributed by atoms with Gasteiger partial charge in [0, 0.05) is 32.2 Å². The molecule has 1 aliphatic heterocycles. The number of nitrogens with zero attached hydrogens (tertiary/aromatic N) is 2. The highest BCUT2D eigenvalue weighted by molar-refractivity contribution is 5.81. The normalized spacial score (nSPS) is 18.0. The summed E-state index contributed by atoms with van der Waals surface area (Å²) in [6, 6.07) is 10.4. The van der Waals surface area contributed by atoms with Crippen LogP contribution in [0.5, 0.6) is 0 Å². The second-order valence-corrected chi connectivity index (χ2v) is 6.09. The van der Waals surface area contributed by atoms with Gasteiger partial charge in [0.05, 0.1) is 6.04 Å². The van der Waals surface area contributed by atoms with Crippen molar-refractivity contribution in [1.82, 2.24) is 9.80 Å². The first kappa shape index (κ1) is 16.0. The standard InChI is InChI=1S/C17H27N3O/c1-14(2)19-10-12-20(13-11-19)17(21)16(18)9-8-15-6-4-3-5-7-15/h3-7,14,16H,8-13,18H2,1-2H3/t16-/m0/s1. The number of hydrogen-bond acceptors (Lipinski definition) is 3. The minimum Gasteiger partial charge on any atom is -0.339 e. The number of piperazine rings is 1. The van der Waals surface area contributed by atoms with E-state index in [0.29, 0.717) is 12.5 Å². The van der Waals surface area contributed by atoms with Gasteiger partial charge in [-0.2, -0.15) is 0 Å². The molecule has 0 spiro atoms. The fourth-order valence-corrected chi connectivity index (χ4v) is 2.78. The molecule has 1 fully saturated rings. The molecule has 1 amide bonds. The summed E-state index contributed by atoms with van der Waals surface area (Å²) >= 11 is 0. The lowest BCUT2D eigenvalue weighted by Gasteiger charge is -2.37. The summed E-state index contributed by atoms with van der Waals surface area (Å²) in [7, 11) is 0. The fraction of sp³-hybridized carbons (Fsp3) is 0.588. The van der Waals surface area contributed by atoms with Crippen molar-refractivity contribution in [2.75, 3.05) is 26.2 Å². The van der Waals surface area contributed by atoms with Crippen molar-refractivity contribution in [3.63, 3.8) is 0 Å². The van der Waals surface area contributed by atoms with Crippen LogP contribution < -0.4 is 5.73 Å². The van der Waals surface area contributed by atoms with E-state index in [4.69, 9.17) is 5.73 Å². The smallest absolute Gasteiger partial charge is 0.239 e. The Bertz CT molecular complexity index is 439. The van der Waals surface area contributed by atoms with Crippen LogP contribution in [0.25, 0.3) is 0 Å². The van der Waals surface area contributed by atoms with Crippen LogP contribution >= 0.6 is 0 Å². The molecule has 0 aromatic heterocycles. The van der Waals surface area contributed by atoms with Gasteiger partial charge in [-0.25, -0.2) is 0 Å². The molecule has 4 nitrogen and oxygen atoms in total. The van der Waals surface area contributed by atoms with Crippen molar-refractivity contribution >= 4 is 5.91 Å². The zero-order valence-corrected chi connectivity index (χ0v) is 13.2. The summed E-state index contributed by atoms with van der Waals surface area (Å²) in [5, 5.41) is 0. The molecular weight excluding hydrogens is 262 g/mol. The van der Waals surface area contributed by atoms with Crippen LogP contribution in [0.4, 0.5) is 0 Å². The zero-order valence-electron chi connectivity index (χ0n) is 13.2. The minimum absolute atomic E-state index is 0.106. The molecule has 0 unspecified atom stereocenters. The van der Waals surface area contributed by atoms with E-state index < -0.39 is 0 Å². The van der Waals surface area contributed by atoms with E-state index in [0.717, 1.165) is 32.6 Å². The summed E-state index contributed by atoms with van der Waals surface area (Å²) < 4.78 is 0. The van der Waals surface area contributed by atoms with Crippen LogP contribution in [-0.4, -0.2) is 54.0 Å². The highest BCUT2D eigenvalue weighted by Crippen LogP contribution is 2.10. The van der Waals surface area contributed by atoms with Crippen LogP contribution in [0.15, 0.2) is 30.3 Å². The predicted molar refractivity (Wildman–Crippen MR) is 86.0 cm³/mol. The molecule has 0 saturated carbocycles. The second kappa shape index (κ2) is 7.57. The maximum Gasteiger partial charge on any atom is 0.239 e. The van der Waals surface area contributed by atoms with Gasteiger partial charge in [0.2, 0.25) is 5.91 Å². The summed E-state index contributed by atoms with van der Waals surface area (Å²) in [5.74, 6) is 0.106. The molecule has 1 heterocycles. The van der Waals surface area contributed by atoms with Crippen LogP contribution in [0.3, 0.4) is 0 Å². The Hall–Kier alpha value is -1.39. The number of hydrogen-bond donors (Lipinski definition) is 1. The topological polar surface area (TPSA) is 49.6 Å². The highest BCUT2D eigenvalue weighted by atomic mass is 16.2. The molecule has 0 aliphatic carbocycles. The monoisotopic (exact) mass is 289 g/mol. The van der Waals surface area contributed by atoms with Gasteiger partial charge in [0.25, 0.3) is 0 Å². The summed E-state index contributed by atoms with van der Waals surface area (Å²) in [6.07, 6.45) is 1.58. The predicted octanol–water partition coefficient (Wildman–Crippen LogP) is 1.50. The van der Waals surface area contributed by atoms with Crippen molar-refractivity contribution in [3.8, 4) is 0 Å². The van der Waals surface area contributed by atoms with E-state index in [1.54, 1.807) is 0 Å². The van der Waals surface area contributed by atoms with Crippen LogP contribution in [0.2, 0.25) is 0 Å². The van der Waals surface area contributed by atoms with Crippen LogP contribution in [0, 0.1) is 0 Å². The van der Waals surface area contributed by atoms with E-state index >= 15 is 0 Å². The quantitative estimate of drug-likeness (QED) is 0.893. The molecule has 1 aromatic rings. The summed E-state index contributed by atoms with van der Waals surface area (Å²) in [5.41, 5.74) is 7.33. The number of carbonyl (C=O) groups is 1. The molecular formula is C17H27N3O. The molecule has 1 saturated heterocycles. The number of aryl methyl sites for hydroxylation is 1. The Kier molecular flexibility index (Phi) is 5.76. The minimum atomic E-state index is -0.379. The first-order chi connectivity index (χ1) is 10.1. The van der Waals surface area contributed by atoms with E-state index in [1.807, 2.05) is 23.1 Å². The lowest BCUT2D eigenvalue weighted by atomic mass is 10.0. The van der Waals surface area contributed by atoms with Gasteiger partial charge >= 0.3 is 0 Å². The lowest BCUT2D eigenvalue weighted by Crippen LogP contribution is -2.54. The van der Waals surface area contributed by atoms with E-state index in [9.17, 15) is 4.79 Å². The Balaban J connectivity index is 1.78. The van der Waals surface area contributed by atoms with Gasteiger partial charge < -0.3 is 10.6 Å². The Morgan fingerprint density at radius 1 is 1.14 bits per heavy atom. The SMILES string of the molecule is CC(C)N1CCN(C(=O)[C@@H](N)CCc2ccccc2)CC1. The van der Waals surface area contributed by atoms with Crippen LogP contribution in [-0.2, 0) is 11.2 Å². The number of carbonyl (C=O) groups excluding carboxylic acids is 1. The Morgan fingerprint density at radius 2 is 1.76 bits per heavy atom. The van der Waals surface area contributed by atoms with Crippen molar-refractivity contribution in [1.29, 1.82) is 0 Å². The molecule has 116 valence electrons. The van der Waals surface area contributed by atoms with Crippen molar-refractivity contribution in [3.05, 3.63) is 35.9 Å². The lowest BCUT2D eigenvalue weighted by molar-refractivity contribution is -0.134. The number of rotatable bonds is 5. The van der Waals surface area contributed by atoms with Gasteiger partial charge in [-0.1, -0.05) is 30.3 Å². The first-order valence-electron chi connectivity index (χ1n) is 7.90. The van der Waals surface area contributed by atoms with Gasteiger partial charge in [0.15, 0.2) is 0 Å². The maximum absolute atomic E-state index is 12.4. The molecule has 2 N–H and O–H groups in total. The largest absolute Gasteiger partial charge is 0.339 e. The van der Waals surface area contributed by atoms with Crippen molar-refractivity contribution in [2.45, 2.75) is 38.8 Å². The number of amides is 1. The van der Waals surface area contributed by atoms with Crippen molar-refractivity contribution in [2.24, 2.45) is 5.73 Å². The molecule has 2 rings (SSSR count). The number of benzene rings is 1. The van der Waals surface area contributed by atoms with Gasteiger partial charge in [-0.15, -0.1) is 0 Å². The Morgan fingerprint density at radius 3 is 2.33 bits per heavy atom. The average Bonchev–Trinajstić information content (AvgIpc) is 2.53. The molecule has 0 bridgehead atoms. The van der Waals surface area contributed by atoms with Gasteiger partial charge in [-0.3, -0.25) is 9.69 Å². The third kappa shape index (κ3) is 4.55. The third-order valence-electron chi connectivity index (χ3n) is 4.26.